The molecule has 9 heteroatoms. The molecule has 0 radical (unpaired) electrons. The van der Waals surface area contributed by atoms with Crippen LogP contribution in [0.4, 0.5) is 13.2 Å². The van der Waals surface area contributed by atoms with Gasteiger partial charge in [-0.25, -0.2) is 8.42 Å². The summed E-state index contributed by atoms with van der Waals surface area (Å²) < 4.78 is 60.4. The maximum absolute atomic E-state index is 12.2. The predicted octanol–water partition coefficient (Wildman–Crippen LogP) is 3.61. The van der Waals surface area contributed by atoms with Crippen LogP contribution in [0, 0.1) is 5.41 Å². The van der Waals surface area contributed by atoms with Crippen molar-refractivity contribution in [3.05, 3.63) is 47.7 Å². The van der Waals surface area contributed by atoms with E-state index in [1.807, 2.05) is 0 Å². The lowest BCUT2D eigenvalue weighted by molar-refractivity contribution is -0.105. The Bertz CT molecular complexity index is 709. The zero-order valence-electron chi connectivity index (χ0n) is 12.2. The molecule has 23 heavy (non-hydrogen) atoms. The van der Waals surface area contributed by atoms with E-state index >= 15 is 0 Å². The molecule has 0 spiro atoms. The van der Waals surface area contributed by atoms with Gasteiger partial charge in [-0.2, -0.15) is 13.2 Å². The van der Waals surface area contributed by atoms with E-state index in [0.29, 0.717) is 11.8 Å². The van der Waals surface area contributed by atoms with Crippen molar-refractivity contribution in [2.24, 2.45) is 0 Å². The molecule has 1 N–H and O–H groups in total. The van der Waals surface area contributed by atoms with Gasteiger partial charge in [-0.1, -0.05) is 19.6 Å². The summed E-state index contributed by atoms with van der Waals surface area (Å²) in [5, 5.41) is 7.98. The van der Waals surface area contributed by atoms with Gasteiger partial charge in [0.1, 0.15) is 0 Å². The molecule has 0 saturated carbocycles. The fourth-order valence-corrected chi connectivity index (χ4v) is 3.16. The highest BCUT2D eigenvalue weighted by molar-refractivity contribution is 7.99. The van der Waals surface area contributed by atoms with Crippen LogP contribution in [0.25, 0.3) is 0 Å². The first-order valence-electron chi connectivity index (χ1n) is 6.41. The monoisotopic (exact) mass is 364 g/mol. The van der Waals surface area contributed by atoms with Gasteiger partial charge < -0.3 is 0 Å². The van der Waals surface area contributed by atoms with E-state index in [2.05, 4.69) is 11.6 Å². The van der Waals surface area contributed by atoms with Crippen LogP contribution in [0.5, 0.6) is 0 Å². The van der Waals surface area contributed by atoms with Gasteiger partial charge in [-0.3, -0.25) is 10.4 Å². The van der Waals surface area contributed by atoms with Crippen molar-refractivity contribution in [1.29, 1.82) is 5.41 Å². The standard InChI is InChI=1S/C14H15F3N2O2S2/c1-3-5-12(23(20,21)4-2)13(18)11-7-6-10(8-19-11)22-9-14(15,16)17/h3,5-8,18H,1,4,9H2,2H3/b12-5+,18-13?. The van der Waals surface area contributed by atoms with E-state index in [1.165, 1.54) is 37.4 Å². The van der Waals surface area contributed by atoms with Gasteiger partial charge in [0.15, 0.2) is 9.84 Å². The average Bonchev–Trinajstić information content (AvgIpc) is 2.49. The third-order valence-electron chi connectivity index (χ3n) is 2.63. The Kier molecular flexibility index (Phi) is 6.57. The Morgan fingerprint density at radius 3 is 2.52 bits per heavy atom. The molecule has 0 fully saturated rings. The number of rotatable bonds is 7. The highest BCUT2D eigenvalue weighted by atomic mass is 32.2. The van der Waals surface area contributed by atoms with Crippen molar-refractivity contribution >= 4 is 27.3 Å². The van der Waals surface area contributed by atoms with Gasteiger partial charge in [0.2, 0.25) is 0 Å². The number of pyridine rings is 1. The Labute approximate surface area is 136 Å². The van der Waals surface area contributed by atoms with Crippen molar-refractivity contribution in [2.45, 2.75) is 18.0 Å². The van der Waals surface area contributed by atoms with Crippen LogP contribution < -0.4 is 0 Å². The van der Waals surface area contributed by atoms with Gasteiger partial charge in [-0.05, 0) is 18.2 Å². The van der Waals surface area contributed by atoms with Crippen molar-refractivity contribution in [1.82, 2.24) is 4.98 Å². The lowest BCUT2D eigenvalue weighted by atomic mass is 10.2. The van der Waals surface area contributed by atoms with Gasteiger partial charge in [0.25, 0.3) is 0 Å². The summed E-state index contributed by atoms with van der Waals surface area (Å²) in [5.74, 6) is -1.23. The summed E-state index contributed by atoms with van der Waals surface area (Å²) in [7, 11) is -3.64. The van der Waals surface area contributed by atoms with Crippen LogP contribution in [-0.4, -0.2) is 36.8 Å². The molecule has 0 bridgehead atoms. The summed E-state index contributed by atoms with van der Waals surface area (Å²) in [5.41, 5.74) is -0.259. The summed E-state index contributed by atoms with van der Waals surface area (Å²) in [4.78, 5) is 3.94. The highest BCUT2D eigenvalue weighted by Crippen LogP contribution is 2.27. The number of nitrogens with zero attached hydrogens (tertiary/aromatic N) is 1. The number of halogens is 3. The number of allylic oxidation sites excluding steroid dienone is 3. The SMILES string of the molecule is C=C/C=C(\C(=N)c1ccc(SCC(F)(F)F)cn1)S(=O)(=O)CC. The molecule has 4 nitrogen and oxygen atoms in total. The Hall–Kier alpha value is -1.61. The fraction of sp³-hybridized carbons (Fsp3) is 0.286. The Balaban J connectivity index is 3.00. The van der Waals surface area contributed by atoms with Crippen LogP contribution in [0.2, 0.25) is 0 Å². The maximum Gasteiger partial charge on any atom is 0.398 e. The quantitative estimate of drug-likeness (QED) is 0.456. The molecule has 1 aromatic rings. The minimum absolute atomic E-state index is 0.0616. The van der Waals surface area contributed by atoms with Gasteiger partial charge >= 0.3 is 6.18 Å². The third-order valence-corrected chi connectivity index (χ3v) is 5.44. The number of alkyl halides is 3. The molecule has 0 aliphatic rings. The Morgan fingerprint density at radius 2 is 2.09 bits per heavy atom. The van der Waals surface area contributed by atoms with Crippen LogP contribution in [0.1, 0.15) is 12.6 Å². The molecule has 0 aromatic carbocycles. The molecule has 0 aliphatic heterocycles. The summed E-state index contributed by atoms with van der Waals surface area (Å²) in [6, 6.07) is 2.69. The largest absolute Gasteiger partial charge is 0.398 e. The Morgan fingerprint density at radius 1 is 1.43 bits per heavy atom. The summed E-state index contributed by atoms with van der Waals surface area (Å²) in [6.07, 6.45) is -0.644. The van der Waals surface area contributed by atoms with E-state index < -0.39 is 21.8 Å². The molecule has 1 aromatic heterocycles. The van der Waals surface area contributed by atoms with Crippen LogP contribution in [0.15, 0.2) is 46.9 Å². The molecule has 0 aliphatic carbocycles. The number of thioether (sulfide) groups is 1. The average molecular weight is 364 g/mol. The zero-order valence-corrected chi connectivity index (χ0v) is 13.9. The van der Waals surface area contributed by atoms with Gasteiger partial charge in [0, 0.05) is 11.1 Å². The van der Waals surface area contributed by atoms with E-state index in [9.17, 15) is 21.6 Å². The molecule has 0 unspecified atom stereocenters. The van der Waals surface area contributed by atoms with E-state index in [-0.39, 0.29) is 27.0 Å². The molecule has 1 heterocycles. The van der Waals surface area contributed by atoms with Crippen molar-refractivity contribution < 1.29 is 21.6 Å². The lowest BCUT2D eigenvalue weighted by Crippen LogP contribution is -2.16. The first-order chi connectivity index (χ1) is 10.6. The molecule has 0 amide bonds. The second-order valence-electron chi connectivity index (χ2n) is 4.33. The van der Waals surface area contributed by atoms with E-state index in [0.717, 1.165) is 0 Å². The van der Waals surface area contributed by atoms with E-state index in [4.69, 9.17) is 5.41 Å². The van der Waals surface area contributed by atoms with Crippen LogP contribution in [0.3, 0.4) is 0 Å². The van der Waals surface area contributed by atoms with Gasteiger partial charge in [-0.15, -0.1) is 11.8 Å². The normalized spacial score (nSPS) is 13.0. The first kappa shape index (κ1) is 19.4. The second kappa shape index (κ2) is 7.78. The fourth-order valence-electron chi connectivity index (χ4n) is 1.51. The summed E-state index contributed by atoms with van der Waals surface area (Å²) >= 11 is 0.569. The number of sulfone groups is 1. The van der Waals surface area contributed by atoms with E-state index in [1.54, 1.807) is 0 Å². The number of hydrogen-bond donors (Lipinski definition) is 1. The molecule has 126 valence electrons. The minimum atomic E-state index is -4.29. The molecule has 1 rings (SSSR count). The third kappa shape index (κ3) is 5.83. The number of aromatic nitrogens is 1. The zero-order chi connectivity index (χ0) is 17.7. The van der Waals surface area contributed by atoms with Crippen molar-refractivity contribution in [3.63, 3.8) is 0 Å². The minimum Gasteiger partial charge on any atom is -0.297 e. The van der Waals surface area contributed by atoms with Gasteiger partial charge in [0.05, 0.1) is 27.8 Å². The van der Waals surface area contributed by atoms with Crippen LogP contribution in [-0.2, 0) is 9.84 Å². The topological polar surface area (TPSA) is 70.9 Å². The van der Waals surface area contributed by atoms with Crippen LogP contribution >= 0.6 is 11.8 Å². The molecular formula is C14H15F3N2O2S2. The molecular weight excluding hydrogens is 349 g/mol. The molecule has 0 atom stereocenters. The smallest absolute Gasteiger partial charge is 0.297 e. The van der Waals surface area contributed by atoms with Crippen molar-refractivity contribution in [2.75, 3.05) is 11.5 Å². The number of hydrogen-bond acceptors (Lipinski definition) is 5. The number of nitrogens with one attached hydrogen (secondary N) is 1. The summed E-state index contributed by atoms with van der Waals surface area (Å²) in [6.45, 7) is 4.87. The lowest BCUT2D eigenvalue weighted by Gasteiger charge is -2.09. The first-order valence-corrected chi connectivity index (χ1v) is 9.05. The molecule has 0 saturated heterocycles. The maximum atomic E-state index is 12.2. The highest BCUT2D eigenvalue weighted by Gasteiger charge is 2.27. The van der Waals surface area contributed by atoms with Crippen molar-refractivity contribution in [3.8, 4) is 0 Å². The second-order valence-corrected chi connectivity index (χ2v) is 7.62. The predicted molar refractivity (Wildman–Crippen MR) is 85.6 cm³/mol.